The van der Waals surface area contributed by atoms with Gasteiger partial charge in [0, 0.05) is 27.9 Å². The van der Waals surface area contributed by atoms with E-state index in [0.29, 0.717) is 0 Å². The lowest BCUT2D eigenvalue weighted by atomic mass is 9.74. The van der Waals surface area contributed by atoms with Gasteiger partial charge in [0.1, 0.15) is 0 Å². The molecule has 2 aliphatic rings. The van der Waals surface area contributed by atoms with E-state index in [9.17, 15) is 0 Å². The maximum Gasteiger partial charge on any atom is 0.0490 e. The lowest BCUT2D eigenvalue weighted by Gasteiger charge is -2.31. The van der Waals surface area contributed by atoms with E-state index in [1.807, 2.05) is 0 Å². The quantitative estimate of drug-likeness (QED) is 0.200. The van der Waals surface area contributed by atoms with E-state index in [1.165, 1.54) is 77.9 Å². The average Bonchev–Trinajstić information content (AvgIpc) is 3.46. The van der Waals surface area contributed by atoms with Gasteiger partial charge >= 0.3 is 0 Å². The summed E-state index contributed by atoms with van der Waals surface area (Å²) in [5.41, 5.74) is 16.1. The molecule has 0 saturated carbocycles. The molecular formula is C43H39N. The molecule has 8 rings (SSSR count). The van der Waals surface area contributed by atoms with Gasteiger partial charge in [-0.15, -0.1) is 0 Å². The maximum absolute atomic E-state index is 2.47. The number of benzene rings is 6. The Bertz CT molecular complexity index is 2090. The summed E-state index contributed by atoms with van der Waals surface area (Å²) in [4.78, 5) is 2.47. The summed E-state index contributed by atoms with van der Waals surface area (Å²) >= 11 is 0. The molecule has 0 aliphatic heterocycles. The first-order valence-corrected chi connectivity index (χ1v) is 16.2. The van der Waals surface area contributed by atoms with Gasteiger partial charge in [-0.1, -0.05) is 107 Å². The molecule has 0 N–H and O–H groups in total. The van der Waals surface area contributed by atoms with E-state index < -0.39 is 0 Å². The highest BCUT2D eigenvalue weighted by Crippen LogP contribution is 2.55. The Morgan fingerprint density at radius 1 is 0.500 bits per heavy atom. The Kier molecular flexibility index (Phi) is 5.94. The molecule has 0 radical (unpaired) electrons. The minimum Gasteiger partial charge on any atom is -0.310 e. The molecule has 0 spiro atoms. The molecule has 0 heterocycles. The molecule has 0 aromatic heterocycles. The maximum atomic E-state index is 2.47. The first-order chi connectivity index (χ1) is 21.4. The molecule has 0 atom stereocenters. The highest BCUT2D eigenvalue weighted by molar-refractivity contribution is 5.95. The van der Waals surface area contributed by atoms with Crippen molar-refractivity contribution in [3.8, 4) is 22.3 Å². The van der Waals surface area contributed by atoms with Crippen molar-refractivity contribution in [3.05, 3.63) is 149 Å². The number of aryl methyl sites for hydroxylation is 1. The monoisotopic (exact) mass is 569 g/mol. The van der Waals surface area contributed by atoms with Crippen LogP contribution in [0.2, 0.25) is 0 Å². The Balaban J connectivity index is 1.35. The van der Waals surface area contributed by atoms with Crippen LogP contribution in [0.1, 0.15) is 68.4 Å². The normalized spacial score (nSPS) is 15.0. The summed E-state index contributed by atoms with van der Waals surface area (Å²) < 4.78 is 0. The van der Waals surface area contributed by atoms with Gasteiger partial charge in [0.25, 0.3) is 0 Å². The number of hydrogen-bond acceptors (Lipinski definition) is 1. The van der Waals surface area contributed by atoms with Crippen LogP contribution >= 0.6 is 0 Å². The van der Waals surface area contributed by atoms with Crippen molar-refractivity contribution in [3.63, 3.8) is 0 Å². The third-order valence-corrected chi connectivity index (χ3v) is 10.9. The second-order valence-electron chi connectivity index (χ2n) is 13.3. The second kappa shape index (κ2) is 9.69. The van der Waals surface area contributed by atoms with Crippen LogP contribution in [0.25, 0.3) is 33.0 Å². The number of nitrogens with zero attached hydrogens (tertiary/aromatic N) is 1. The molecule has 0 fully saturated rings. The van der Waals surface area contributed by atoms with Crippen molar-refractivity contribution in [1.29, 1.82) is 0 Å². The molecule has 6 aromatic rings. The Morgan fingerprint density at radius 2 is 1.05 bits per heavy atom. The molecule has 1 heteroatoms. The van der Waals surface area contributed by atoms with Crippen molar-refractivity contribution in [2.75, 3.05) is 4.90 Å². The SMILES string of the molecule is CCC1(CC)c2ccccc2-c2cc(N(c3ccc4c(c3)-c3cc5ccccc5cc3C4(C)C)c3ccccc3C)ccc21. The van der Waals surface area contributed by atoms with E-state index in [1.54, 1.807) is 0 Å². The van der Waals surface area contributed by atoms with Gasteiger partial charge in [-0.25, -0.2) is 0 Å². The zero-order valence-corrected chi connectivity index (χ0v) is 26.4. The van der Waals surface area contributed by atoms with E-state index in [4.69, 9.17) is 0 Å². The predicted molar refractivity (Wildman–Crippen MR) is 188 cm³/mol. The molecule has 1 nitrogen and oxygen atoms in total. The molecule has 216 valence electrons. The summed E-state index contributed by atoms with van der Waals surface area (Å²) in [5, 5.41) is 2.60. The fourth-order valence-corrected chi connectivity index (χ4v) is 8.41. The highest BCUT2D eigenvalue weighted by Gasteiger charge is 2.41. The highest BCUT2D eigenvalue weighted by atomic mass is 15.1. The summed E-state index contributed by atoms with van der Waals surface area (Å²) in [6.07, 6.45) is 2.20. The van der Waals surface area contributed by atoms with Crippen molar-refractivity contribution in [2.45, 2.75) is 58.3 Å². The van der Waals surface area contributed by atoms with Crippen molar-refractivity contribution in [2.24, 2.45) is 0 Å². The fourth-order valence-electron chi connectivity index (χ4n) is 8.41. The van der Waals surface area contributed by atoms with Crippen LogP contribution in [-0.4, -0.2) is 0 Å². The van der Waals surface area contributed by atoms with Crippen LogP contribution in [0.3, 0.4) is 0 Å². The van der Waals surface area contributed by atoms with Crippen molar-refractivity contribution in [1.82, 2.24) is 0 Å². The van der Waals surface area contributed by atoms with Crippen LogP contribution in [-0.2, 0) is 10.8 Å². The van der Waals surface area contributed by atoms with Crippen LogP contribution < -0.4 is 4.90 Å². The zero-order valence-electron chi connectivity index (χ0n) is 26.4. The molecule has 0 amide bonds. The third kappa shape index (κ3) is 3.65. The Morgan fingerprint density at radius 3 is 1.75 bits per heavy atom. The third-order valence-electron chi connectivity index (χ3n) is 10.9. The topological polar surface area (TPSA) is 3.24 Å². The molecular weight excluding hydrogens is 530 g/mol. The minimum absolute atomic E-state index is 0.0539. The number of hydrogen-bond donors (Lipinski definition) is 0. The van der Waals surface area contributed by atoms with Crippen LogP contribution in [0.5, 0.6) is 0 Å². The van der Waals surface area contributed by atoms with E-state index in [-0.39, 0.29) is 10.8 Å². The Hall–Kier alpha value is -4.62. The van der Waals surface area contributed by atoms with Gasteiger partial charge < -0.3 is 4.90 Å². The second-order valence-corrected chi connectivity index (χ2v) is 13.3. The molecule has 0 unspecified atom stereocenters. The summed E-state index contributed by atoms with van der Waals surface area (Å²) in [6, 6.07) is 45.8. The van der Waals surface area contributed by atoms with Crippen LogP contribution in [0, 0.1) is 6.92 Å². The van der Waals surface area contributed by atoms with E-state index in [0.717, 1.165) is 12.8 Å². The number of fused-ring (bicyclic) bond motifs is 7. The van der Waals surface area contributed by atoms with Gasteiger partial charge in [-0.3, -0.25) is 0 Å². The van der Waals surface area contributed by atoms with Gasteiger partial charge in [0.2, 0.25) is 0 Å². The summed E-state index contributed by atoms with van der Waals surface area (Å²) in [6.45, 7) is 11.7. The van der Waals surface area contributed by atoms with Gasteiger partial charge in [-0.05, 0) is 123 Å². The standard InChI is InChI=1S/C43H39N/c1-6-43(7-2)38-18-12-11-17-33(38)35-26-32(21-23-39(35)43)44(41-19-13-8-14-28(41)3)31-20-22-37-36(27-31)34-24-29-15-9-10-16-30(29)25-40(34)42(37,4)5/h8-27H,6-7H2,1-5H3. The molecule has 0 saturated heterocycles. The zero-order chi connectivity index (χ0) is 30.2. The fraction of sp³-hybridized carbons (Fsp3) is 0.209. The molecule has 2 aliphatic carbocycles. The molecule has 6 aromatic carbocycles. The van der Waals surface area contributed by atoms with Crippen LogP contribution in [0.4, 0.5) is 17.1 Å². The number of anilines is 3. The smallest absolute Gasteiger partial charge is 0.0490 e. The van der Waals surface area contributed by atoms with Crippen molar-refractivity contribution >= 4 is 27.8 Å². The largest absolute Gasteiger partial charge is 0.310 e. The summed E-state index contributed by atoms with van der Waals surface area (Å²) in [7, 11) is 0. The van der Waals surface area contributed by atoms with Crippen LogP contribution in [0.15, 0.2) is 121 Å². The van der Waals surface area contributed by atoms with Crippen molar-refractivity contribution < 1.29 is 0 Å². The summed E-state index contributed by atoms with van der Waals surface area (Å²) in [5.74, 6) is 0. The van der Waals surface area contributed by atoms with Gasteiger partial charge in [0.15, 0.2) is 0 Å². The first-order valence-electron chi connectivity index (χ1n) is 16.2. The average molecular weight is 570 g/mol. The van der Waals surface area contributed by atoms with E-state index >= 15 is 0 Å². The number of rotatable bonds is 5. The minimum atomic E-state index is -0.0539. The predicted octanol–water partition coefficient (Wildman–Crippen LogP) is 12.0. The van der Waals surface area contributed by atoms with Gasteiger partial charge in [0.05, 0.1) is 0 Å². The first kappa shape index (κ1) is 27.0. The Labute approximate surface area is 261 Å². The lowest BCUT2D eigenvalue weighted by Crippen LogP contribution is -2.23. The van der Waals surface area contributed by atoms with E-state index in [2.05, 4.69) is 161 Å². The molecule has 0 bridgehead atoms. The molecule has 44 heavy (non-hydrogen) atoms. The number of para-hydroxylation sites is 1. The van der Waals surface area contributed by atoms with Gasteiger partial charge in [-0.2, -0.15) is 0 Å². The lowest BCUT2D eigenvalue weighted by molar-refractivity contribution is 0.490.